The molecule has 5 rings (SSSR count). The first-order valence-corrected chi connectivity index (χ1v) is 12.9. The predicted molar refractivity (Wildman–Crippen MR) is 141 cm³/mol. The molecule has 0 unspecified atom stereocenters. The smallest absolute Gasteiger partial charge is 0.263 e. The molecule has 2 aromatic carbocycles. The molecule has 0 spiro atoms. The third kappa shape index (κ3) is 5.09. The Kier molecular flexibility index (Phi) is 6.96. The van der Waals surface area contributed by atoms with Gasteiger partial charge in [0.25, 0.3) is 5.56 Å². The largest absolute Gasteiger partial charge is 0.355 e. The molecule has 0 saturated carbocycles. The second-order valence-corrected chi connectivity index (χ2v) is 10.8. The van der Waals surface area contributed by atoms with Crippen molar-refractivity contribution in [3.8, 4) is 0 Å². The minimum absolute atomic E-state index is 0.193. The molecule has 1 saturated heterocycles. The Labute approximate surface area is 217 Å². The number of nitrogens with zero attached hydrogens (tertiary/aromatic N) is 5. The SMILES string of the molecule is CC1(CN)CCN(c2cnc(Sc3ccc4ncn(Cc5ccc(F)cc5)c(=O)c4c3Cl)cn2)CC1. The summed E-state index contributed by atoms with van der Waals surface area (Å²) in [6.07, 6.45) is 7.05. The molecule has 2 N–H and O–H groups in total. The summed E-state index contributed by atoms with van der Waals surface area (Å²) < 4.78 is 14.7. The van der Waals surface area contributed by atoms with E-state index in [4.69, 9.17) is 17.3 Å². The Hall–Kier alpha value is -3.01. The Bertz CT molecular complexity index is 1440. The zero-order valence-electron chi connectivity index (χ0n) is 19.8. The summed E-state index contributed by atoms with van der Waals surface area (Å²) in [7, 11) is 0. The van der Waals surface area contributed by atoms with Gasteiger partial charge in [-0.15, -0.1) is 0 Å². The van der Waals surface area contributed by atoms with Crippen LogP contribution in [-0.4, -0.2) is 39.2 Å². The Morgan fingerprint density at radius 1 is 1.08 bits per heavy atom. The molecule has 3 heterocycles. The lowest BCUT2D eigenvalue weighted by Crippen LogP contribution is -2.42. The van der Waals surface area contributed by atoms with Crippen LogP contribution in [0.25, 0.3) is 10.9 Å². The van der Waals surface area contributed by atoms with Gasteiger partial charge < -0.3 is 10.6 Å². The van der Waals surface area contributed by atoms with Gasteiger partial charge >= 0.3 is 0 Å². The summed E-state index contributed by atoms with van der Waals surface area (Å²) in [4.78, 5) is 29.7. The van der Waals surface area contributed by atoms with E-state index >= 15 is 0 Å². The lowest BCUT2D eigenvalue weighted by molar-refractivity contribution is 0.258. The number of hydrogen-bond acceptors (Lipinski definition) is 7. The average Bonchev–Trinajstić information content (AvgIpc) is 2.89. The normalized spacial score (nSPS) is 15.4. The maximum Gasteiger partial charge on any atom is 0.263 e. The summed E-state index contributed by atoms with van der Waals surface area (Å²) in [5, 5.41) is 1.35. The minimum Gasteiger partial charge on any atom is -0.355 e. The van der Waals surface area contributed by atoms with Crippen LogP contribution in [0, 0.1) is 11.2 Å². The van der Waals surface area contributed by atoms with Crippen LogP contribution in [0.15, 0.2) is 69.8 Å². The molecule has 0 atom stereocenters. The average molecular weight is 525 g/mol. The molecule has 10 heteroatoms. The van der Waals surface area contributed by atoms with Gasteiger partial charge in [0, 0.05) is 18.0 Å². The van der Waals surface area contributed by atoms with Crippen molar-refractivity contribution in [3.63, 3.8) is 0 Å². The van der Waals surface area contributed by atoms with Crippen molar-refractivity contribution in [1.29, 1.82) is 0 Å². The molecule has 1 aliphatic heterocycles. The van der Waals surface area contributed by atoms with Crippen LogP contribution >= 0.6 is 23.4 Å². The van der Waals surface area contributed by atoms with Crippen molar-refractivity contribution in [1.82, 2.24) is 19.5 Å². The molecule has 1 fully saturated rings. The molecule has 0 aliphatic carbocycles. The van der Waals surface area contributed by atoms with Crippen molar-refractivity contribution >= 4 is 40.1 Å². The van der Waals surface area contributed by atoms with E-state index in [9.17, 15) is 9.18 Å². The highest BCUT2D eigenvalue weighted by molar-refractivity contribution is 7.99. The van der Waals surface area contributed by atoms with E-state index in [1.807, 2.05) is 6.07 Å². The monoisotopic (exact) mass is 524 g/mol. The fraction of sp³-hybridized carbons (Fsp3) is 0.308. The van der Waals surface area contributed by atoms with Crippen LogP contribution < -0.4 is 16.2 Å². The van der Waals surface area contributed by atoms with E-state index in [-0.39, 0.29) is 23.3 Å². The molecule has 1 aliphatic rings. The molecule has 186 valence electrons. The Morgan fingerprint density at radius 3 is 2.50 bits per heavy atom. The maximum atomic E-state index is 13.2. The van der Waals surface area contributed by atoms with Gasteiger partial charge in [0.2, 0.25) is 0 Å². The lowest BCUT2D eigenvalue weighted by atomic mass is 9.80. The fourth-order valence-electron chi connectivity index (χ4n) is 4.28. The summed E-state index contributed by atoms with van der Waals surface area (Å²) in [6.45, 7) is 5.01. The van der Waals surface area contributed by atoms with Gasteiger partial charge in [0.05, 0.1) is 41.2 Å². The summed E-state index contributed by atoms with van der Waals surface area (Å²) in [5.41, 5.74) is 7.16. The molecular formula is C26H26ClFN6OS. The van der Waals surface area contributed by atoms with Crippen LogP contribution in [0.2, 0.25) is 5.02 Å². The number of aromatic nitrogens is 4. The first-order chi connectivity index (χ1) is 17.3. The zero-order valence-corrected chi connectivity index (χ0v) is 21.4. The van der Waals surface area contributed by atoms with E-state index in [0.717, 1.165) is 37.3 Å². The number of benzene rings is 2. The van der Waals surface area contributed by atoms with Gasteiger partial charge in [-0.3, -0.25) is 9.36 Å². The first-order valence-electron chi connectivity index (χ1n) is 11.7. The van der Waals surface area contributed by atoms with E-state index in [1.165, 1.54) is 34.8 Å². The van der Waals surface area contributed by atoms with E-state index in [2.05, 4.69) is 26.8 Å². The third-order valence-corrected chi connectivity index (χ3v) is 8.26. The standard InChI is InChI=1S/C26H26ClFN6OS/c1-26(15-29)8-10-33(11-9-26)21-12-31-22(13-30-21)36-20-7-6-19-23(24(20)27)25(35)34(16-32-19)14-17-2-4-18(28)5-3-17/h2-7,12-13,16H,8-11,14-15,29H2,1H3. The molecule has 36 heavy (non-hydrogen) atoms. The van der Waals surface area contributed by atoms with Crippen LogP contribution in [-0.2, 0) is 6.54 Å². The van der Waals surface area contributed by atoms with E-state index < -0.39 is 0 Å². The van der Waals surface area contributed by atoms with Gasteiger partial charge in [-0.2, -0.15) is 0 Å². The highest BCUT2D eigenvalue weighted by atomic mass is 35.5. The second kappa shape index (κ2) is 10.2. The molecule has 0 amide bonds. The molecule has 0 bridgehead atoms. The minimum atomic E-state index is -0.325. The van der Waals surface area contributed by atoms with Crippen LogP contribution in [0.3, 0.4) is 0 Å². The molecule has 7 nitrogen and oxygen atoms in total. The van der Waals surface area contributed by atoms with Crippen LogP contribution in [0.1, 0.15) is 25.3 Å². The van der Waals surface area contributed by atoms with Crippen LogP contribution in [0.4, 0.5) is 10.2 Å². The Balaban J connectivity index is 1.36. The predicted octanol–water partition coefficient (Wildman–Crippen LogP) is 4.74. The summed E-state index contributed by atoms with van der Waals surface area (Å²) in [5.74, 6) is 0.519. The van der Waals surface area contributed by atoms with Gasteiger partial charge in [-0.05, 0) is 54.6 Å². The molecule has 0 radical (unpaired) electrons. The van der Waals surface area contributed by atoms with Crippen molar-refractivity contribution in [2.75, 3.05) is 24.5 Å². The van der Waals surface area contributed by atoms with Gasteiger partial charge in [0.15, 0.2) is 0 Å². The Morgan fingerprint density at radius 2 is 1.83 bits per heavy atom. The summed E-state index contributed by atoms with van der Waals surface area (Å²) in [6, 6.07) is 9.62. The maximum absolute atomic E-state index is 13.2. The number of nitrogens with two attached hydrogens (primary N) is 1. The highest BCUT2D eigenvalue weighted by Crippen LogP contribution is 2.36. The number of halogens is 2. The molecule has 2 aromatic heterocycles. The lowest BCUT2D eigenvalue weighted by Gasteiger charge is -2.39. The van der Waals surface area contributed by atoms with Crippen molar-refractivity contribution in [2.24, 2.45) is 11.1 Å². The quantitative estimate of drug-likeness (QED) is 0.389. The molecule has 4 aromatic rings. The van der Waals surface area contributed by atoms with E-state index in [0.29, 0.717) is 32.4 Å². The van der Waals surface area contributed by atoms with Crippen LogP contribution in [0.5, 0.6) is 0 Å². The van der Waals surface area contributed by atoms with E-state index in [1.54, 1.807) is 30.6 Å². The molecular weight excluding hydrogens is 499 g/mol. The number of fused-ring (bicyclic) bond motifs is 1. The highest BCUT2D eigenvalue weighted by Gasteiger charge is 2.29. The summed E-state index contributed by atoms with van der Waals surface area (Å²) >= 11 is 8.05. The topological polar surface area (TPSA) is 89.9 Å². The first kappa shape index (κ1) is 24.7. The third-order valence-electron chi connectivity index (χ3n) is 6.78. The fourth-order valence-corrected chi connectivity index (χ4v) is 5.40. The number of anilines is 1. The van der Waals surface area contributed by atoms with Gasteiger partial charge in [0.1, 0.15) is 16.7 Å². The zero-order chi connectivity index (χ0) is 25.3. The number of rotatable bonds is 6. The second-order valence-electron chi connectivity index (χ2n) is 9.39. The van der Waals surface area contributed by atoms with Crippen molar-refractivity contribution < 1.29 is 4.39 Å². The van der Waals surface area contributed by atoms with Gasteiger partial charge in [-0.25, -0.2) is 19.3 Å². The number of piperidine rings is 1. The number of hydrogen-bond donors (Lipinski definition) is 1. The van der Waals surface area contributed by atoms with Crippen molar-refractivity contribution in [2.45, 2.75) is 36.2 Å². The van der Waals surface area contributed by atoms with Crippen molar-refractivity contribution in [3.05, 3.63) is 81.9 Å². The van der Waals surface area contributed by atoms with Gasteiger partial charge in [-0.1, -0.05) is 42.4 Å².